The zero-order valence-corrected chi connectivity index (χ0v) is 20.9. The fourth-order valence-electron chi connectivity index (χ4n) is 5.26. The third-order valence-electron chi connectivity index (χ3n) is 7.00. The highest BCUT2D eigenvalue weighted by Gasteiger charge is 2.46. The number of urea groups is 1. The normalized spacial score (nSPS) is 18.5. The van der Waals surface area contributed by atoms with Gasteiger partial charge in [-0.1, -0.05) is 72.8 Å². The van der Waals surface area contributed by atoms with E-state index in [9.17, 15) is 9.59 Å². The SMILES string of the molecule is COC(=O)C1=C(c2cccc(OCc3ccccc3)c2)C[C@@H]2CC[C@H]1N2C(=O)NNCc1ccccc1. The summed E-state index contributed by atoms with van der Waals surface area (Å²) in [7, 11) is 1.39. The van der Waals surface area contributed by atoms with Gasteiger partial charge >= 0.3 is 12.0 Å². The van der Waals surface area contributed by atoms with E-state index in [4.69, 9.17) is 9.47 Å². The lowest BCUT2D eigenvalue weighted by molar-refractivity contribution is -0.136. The number of methoxy groups -OCH3 is 1. The Bertz CT molecular complexity index is 1280. The lowest BCUT2D eigenvalue weighted by atomic mass is 9.88. The van der Waals surface area contributed by atoms with Crippen molar-refractivity contribution in [3.8, 4) is 5.75 Å². The number of carbonyl (C=O) groups excluding carboxylic acids is 2. The first-order valence-electron chi connectivity index (χ1n) is 12.6. The summed E-state index contributed by atoms with van der Waals surface area (Å²) < 4.78 is 11.2. The molecule has 1 saturated heterocycles. The van der Waals surface area contributed by atoms with Gasteiger partial charge in [-0.2, -0.15) is 0 Å². The zero-order valence-electron chi connectivity index (χ0n) is 20.9. The van der Waals surface area contributed by atoms with Crippen LogP contribution in [-0.4, -0.2) is 36.1 Å². The Kier molecular flexibility index (Phi) is 7.51. The van der Waals surface area contributed by atoms with Gasteiger partial charge in [0.25, 0.3) is 0 Å². The number of hydrogen-bond donors (Lipinski definition) is 2. The Labute approximate surface area is 217 Å². The number of nitrogens with zero attached hydrogens (tertiary/aromatic N) is 1. The van der Waals surface area contributed by atoms with E-state index in [1.807, 2.05) is 84.9 Å². The Balaban J connectivity index is 1.34. The van der Waals surface area contributed by atoms with Gasteiger partial charge in [0.05, 0.1) is 18.7 Å². The van der Waals surface area contributed by atoms with Crippen LogP contribution in [0.1, 0.15) is 36.0 Å². The van der Waals surface area contributed by atoms with Gasteiger partial charge in [0.2, 0.25) is 0 Å². The monoisotopic (exact) mass is 497 g/mol. The van der Waals surface area contributed by atoms with Crippen LogP contribution in [0.3, 0.4) is 0 Å². The summed E-state index contributed by atoms with van der Waals surface area (Å²) in [6, 6.07) is 27.1. The zero-order chi connectivity index (χ0) is 25.6. The highest BCUT2D eigenvalue weighted by molar-refractivity contribution is 6.01. The van der Waals surface area contributed by atoms with E-state index in [0.29, 0.717) is 25.1 Å². The Morgan fingerprint density at radius 3 is 2.38 bits per heavy atom. The Morgan fingerprint density at radius 2 is 1.65 bits per heavy atom. The largest absolute Gasteiger partial charge is 0.489 e. The van der Waals surface area contributed by atoms with Crippen molar-refractivity contribution >= 4 is 17.6 Å². The molecule has 2 atom stereocenters. The third kappa shape index (κ3) is 5.52. The fourth-order valence-corrected chi connectivity index (χ4v) is 5.26. The summed E-state index contributed by atoms with van der Waals surface area (Å²) >= 11 is 0. The van der Waals surface area contributed by atoms with Crippen LogP contribution in [0.25, 0.3) is 5.57 Å². The number of esters is 1. The summed E-state index contributed by atoms with van der Waals surface area (Å²) in [4.78, 5) is 28.0. The number of hydrazine groups is 1. The second-order valence-electron chi connectivity index (χ2n) is 9.31. The van der Waals surface area contributed by atoms with E-state index in [0.717, 1.165) is 40.9 Å². The maximum atomic E-state index is 13.2. The first-order valence-corrected chi connectivity index (χ1v) is 12.6. The average molecular weight is 498 g/mol. The van der Waals surface area contributed by atoms with E-state index in [-0.39, 0.29) is 18.1 Å². The Hall–Kier alpha value is -4.10. The highest BCUT2D eigenvalue weighted by Crippen LogP contribution is 2.43. The van der Waals surface area contributed by atoms with Crippen molar-refractivity contribution in [1.29, 1.82) is 0 Å². The molecule has 3 aromatic carbocycles. The summed E-state index contributed by atoms with van der Waals surface area (Å²) in [5.74, 6) is 0.335. The molecule has 1 fully saturated rings. The first-order chi connectivity index (χ1) is 18.1. The van der Waals surface area contributed by atoms with Gasteiger partial charge in [0, 0.05) is 12.6 Å². The average Bonchev–Trinajstić information content (AvgIpc) is 3.26. The fraction of sp³-hybridized carbons (Fsp3) is 0.267. The molecule has 0 saturated carbocycles. The Morgan fingerprint density at radius 1 is 0.919 bits per heavy atom. The maximum absolute atomic E-state index is 13.2. The molecule has 7 nitrogen and oxygen atoms in total. The van der Waals surface area contributed by atoms with E-state index >= 15 is 0 Å². The van der Waals surface area contributed by atoms with Crippen LogP contribution in [0.4, 0.5) is 4.79 Å². The van der Waals surface area contributed by atoms with Gasteiger partial charge < -0.3 is 14.4 Å². The molecular weight excluding hydrogens is 466 g/mol. The molecule has 2 aliphatic rings. The van der Waals surface area contributed by atoms with Crippen molar-refractivity contribution in [3.05, 3.63) is 107 Å². The molecule has 3 aromatic rings. The molecule has 0 spiro atoms. The van der Waals surface area contributed by atoms with E-state index < -0.39 is 5.97 Å². The van der Waals surface area contributed by atoms with Crippen LogP contribution in [0.15, 0.2) is 90.5 Å². The van der Waals surface area contributed by atoms with Crippen LogP contribution in [-0.2, 0) is 22.7 Å². The van der Waals surface area contributed by atoms with Crippen molar-refractivity contribution in [2.24, 2.45) is 0 Å². The molecule has 2 aliphatic heterocycles. The molecule has 37 heavy (non-hydrogen) atoms. The summed E-state index contributed by atoms with van der Waals surface area (Å²) in [5.41, 5.74) is 10.4. The molecule has 2 bridgehead atoms. The number of nitrogens with one attached hydrogen (secondary N) is 2. The smallest absolute Gasteiger partial charge is 0.336 e. The standard InChI is InChI=1S/C30H31N3O4/c1-36-29(34)28-26(23-13-8-14-25(17-23)37-20-22-11-6-3-7-12-22)18-24-15-16-27(28)33(24)30(35)32-31-19-21-9-4-2-5-10-21/h2-14,17,24,27,31H,15-16,18-20H2,1H3,(H,32,35)/t24-,27+/m0/s1. The van der Waals surface area contributed by atoms with Gasteiger partial charge in [-0.3, -0.25) is 5.43 Å². The molecule has 190 valence electrons. The van der Waals surface area contributed by atoms with Crippen molar-refractivity contribution in [1.82, 2.24) is 15.8 Å². The van der Waals surface area contributed by atoms with Crippen molar-refractivity contribution in [2.45, 2.75) is 44.5 Å². The number of hydrogen-bond acceptors (Lipinski definition) is 5. The predicted molar refractivity (Wildman–Crippen MR) is 141 cm³/mol. The number of fused-ring (bicyclic) bond motifs is 2. The van der Waals surface area contributed by atoms with Crippen molar-refractivity contribution in [2.75, 3.05) is 7.11 Å². The molecule has 0 aromatic heterocycles. The van der Waals surface area contributed by atoms with Crippen molar-refractivity contribution < 1.29 is 19.1 Å². The minimum absolute atomic E-state index is 0.000764. The van der Waals surface area contributed by atoms with Crippen molar-refractivity contribution in [3.63, 3.8) is 0 Å². The van der Waals surface area contributed by atoms with E-state index in [1.165, 1.54) is 7.11 Å². The molecule has 0 radical (unpaired) electrons. The summed E-state index contributed by atoms with van der Waals surface area (Å²) in [5, 5.41) is 0. The van der Waals surface area contributed by atoms with Gasteiger partial charge in [-0.15, -0.1) is 0 Å². The molecule has 0 unspecified atom stereocenters. The number of rotatable bonds is 8. The molecule has 2 heterocycles. The van der Waals surface area contributed by atoms with Gasteiger partial charge in [0.1, 0.15) is 12.4 Å². The predicted octanol–water partition coefficient (Wildman–Crippen LogP) is 4.84. The first kappa shape index (κ1) is 24.6. The molecule has 7 heteroatoms. The topological polar surface area (TPSA) is 79.9 Å². The number of carbonyl (C=O) groups is 2. The minimum atomic E-state index is -0.397. The highest BCUT2D eigenvalue weighted by atomic mass is 16.5. The van der Waals surface area contributed by atoms with Crippen LogP contribution in [0.2, 0.25) is 0 Å². The van der Waals surface area contributed by atoms with Crippen LogP contribution < -0.4 is 15.6 Å². The molecule has 2 N–H and O–H groups in total. The van der Waals surface area contributed by atoms with Gasteiger partial charge in [-0.05, 0) is 53.7 Å². The number of amides is 2. The summed E-state index contributed by atoms with van der Waals surface area (Å²) in [6.07, 6.45) is 2.12. The maximum Gasteiger partial charge on any atom is 0.336 e. The summed E-state index contributed by atoms with van der Waals surface area (Å²) in [6.45, 7) is 0.971. The van der Waals surface area contributed by atoms with E-state index in [2.05, 4.69) is 10.9 Å². The van der Waals surface area contributed by atoms with Gasteiger partial charge in [-0.25, -0.2) is 15.0 Å². The lowest BCUT2D eigenvalue weighted by Crippen LogP contribution is -2.53. The molecule has 5 rings (SSSR count). The van der Waals surface area contributed by atoms with Crippen LogP contribution in [0.5, 0.6) is 5.75 Å². The molecule has 2 amide bonds. The second kappa shape index (κ2) is 11.3. The van der Waals surface area contributed by atoms with Gasteiger partial charge in [0.15, 0.2) is 0 Å². The van der Waals surface area contributed by atoms with E-state index in [1.54, 1.807) is 4.90 Å². The van der Waals surface area contributed by atoms with Crippen LogP contribution >= 0.6 is 0 Å². The minimum Gasteiger partial charge on any atom is -0.489 e. The molecule has 0 aliphatic carbocycles. The second-order valence-corrected chi connectivity index (χ2v) is 9.31. The molecular formula is C30H31N3O4. The quantitative estimate of drug-likeness (QED) is 0.344. The van der Waals surface area contributed by atoms with Crippen LogP contribution in [0, 0.1) is 0 Å². The number of ether oxygens (including phenoxy) is 2. The third-order valence-corrected chi connectivity index (χ3v) is 7.00. The number of benzene rings is 3. The lowest BCUT2D eigenvalue weighted by Gasteiger charge is -2.37.